The van der Waals surface area contributed by atoms with Crippen LogP contribution in [0.15, 0.2) is 0 Å². The third kappa shape index (κ3) is 4.28. The van der Waals surface area contributed by atoms with Crippen LogP contribution < -0.4 is 11.1 Å². The second kappa shape index (κ2) is 6.36. The highest BCUT2D eigenvalue weighted by molar-refractivity contribution is 5.76. The number of carbonyl (C=O) groups is 1. The number of hydrogen-bond donors (Lipinski definition) is 2. The number of amides is 1. The highest BCUT2D eigenvalue weighted by Gasteiger charge is 2.24. The molecular weight excluding hydrogens is 214 g/mol. The van der Waals surface area contributed by atoms with Crippen LogP contribution in [0.2, 0.25) is 0 Å². The maximum Gasteiger partial charge on any atom is 0.224 e. The van der Waals surface area contributed by atoms with Gasteiger partial charge in [0.25, 0.3) is 0 Å². The first kappa shape index (κ1) is 12.8. The van der Waals surface area contributed by atoms with Crippen LogP contribution in [0.1, 0.15) is 38.5 Å². The van der Waals surface area contributed by atoms with Gasteiger partial charge in [0.05, 0.1) is 0 Å². The normalized spacial score (nSPS) is 22.5. The predicted molar refractivity (Wildman–Crippen MR) is 68.6 cm³/mol. The number of piperidine rings is 1. The summed E-state index contributed by atoms with van der Waals surface area (Å²) < 4.78 is 0. The lowest BCUT2D eigenvalue weighted by Gasteiger charge is -2.28. The predicted octanol–water partition coefficient (Wildman–Crippen LogP) is 0.716. The van der Waals surface area contributed by atoms with Crippen molar-refractivity contribution in [3.8, 4) is 0 Å². The number of nitrogens with two attached hydrogens (primary N) is 1. The highest BCUT2D eigenvalue weighted by Crippen LogP contribution is 2.27. The molecule has 0 aromatic carbocycles. The van der Waals surface area contributed by atoms with E-state index in [-0.39, 0.29) is 11.9 Å². The van der Waals surface area contributed by atoms with Crippen molar-refractivity contribution >= 4 is 5.91 Å². The van der Waals surface area contributed by atoms with Crippen LogP contribution in [0, 0.1) is 5.92 Å². The molecule has 2 aliphatic rings. The van der Waals surface area contributed by atoms with E-state index < -0.39 is 0 Å². The van der Waals surface area contributed by atoms with E-state index in [0.717, 1.165) is 38.4 Å². The van der Waals surface area contributed by atoms with E-state index >= 15 is 0 Å². The molecule has 0 aromatic rings. The van der Waals surface area contributed by atoms with Crippen LogP contribution in [0.25, 0.3) is 0 Å². The Kier molecular flexibility index (Phi) is 4.80. The van der Waals surface area contributed by atoms with Gasteiger partial charge < -0.3 is 16.0 Å². The maximum absolute atomic E-state index is 12.1. The van der Waals surface area contributed by atoms with Crippen molar-refractivity contribution in [2.75, 3.05) is 26.2 Å². The average Bonchev–Trinajstić information content (AvgIpc) is 3.19. The summed E-state index contributed by atoms with van der Waals surface area (Å²) in [4.78, 5) is 14.1. The third-order valence-electron chi connectivity index (χ3n) is 3.81. The fourth-order valence-electron chi connectivity index (χ4n) is 2.38. The summed E-state index contributed by atoms with van der Waals surface area (Å²) in [5.74, 6) is 1.12. The summed E-state index contributed by atoms with van der Waals surface area (Å²) in [6.07, 6.45) is 6.84. The van der Waals surface area contributed by atoms with E-state index in [9.17, 15) is 4.79 Å². The van der Waals surface area contributed by atoms with Crippen molar-refractivity contribution in [2.24, 2.45) is 11.7 Å². The first-order valence-electron chi connectivity index (χ1n) is 7.01. The molecule has 1 saturated heterocycles. The smallest absolute Gasteiger partial charge is 0.224 e. The molecule has 3 N–H and O–H groups in total. The van der Waals surface area contributed by atoms with Crippen LogP contribution in [-0.4, -0.2) is 43.0 Å². The van der Waals surface area contributed by atoms with Gasteiger partial charge in [-0.2, -0.15) is 0 Å². The van der Waals surface area contributed by atoms with Crippen molar-refractivity contribution in [3.05, 3.63) is 0 Å². The first-order valence-corrected chi connectivity index (χ1v) is 7.01. The molecule has 1 aliphatic heterocycles. The molecule has 1 saturated carbocycles. The SMILES string of the molecule is NCC(CC(=O)N1CCCCC1)NCC1CC1. The molecule has 2 rings (SSSR count). The second-order valence-electron chi connectivity index (χ2n) is 5.43. The highest BCUT2D eigenvalue weighted by atomic mass is 16.2. The summed E-state index contributed by atoms with van der Waals surface area (Å²) >= 11 is 0. The van der Waals surface area contributed by atoms with Crippen LogP contribution >= 0.6 is 0 Å². The van der Waals surface area contributed by atoms with Gasteiger partial charge >= 0.3 is 0 Å². The molecular formula is C13H25N3O. The number of likely N-dealkylation sites (tertiary alicyclic amines) is 1. The second-order valence-corrected chi connectivity index (χ2v) is 5.43. The molecule has 0 spiro atoms. The van der Waals surface area contributed by atoms with Gasteiger partial charge in [0.1, 0.15) is 0 Å². The summed E-state index contributed by atoms with van der Waals surface area (Å²) in [7, 11) is 0. The van der Waals surface area contributed by atoms with E-state index in [1.165, 1.54) is 19.3 Å². The third-order valence-corrected chi connectivity index (χ3v) is 3.81. The number of hydrogen-bond acceptors (Lipinski definition) is 3. The van der Waals surface area contributed by atoms with Crippen LogP contribution in [0.4, 0.5) is 0 Å². The Morgan fingerprint density at radius 1 is 1.29 bits per heavy atom. The maximum atomic E-state index is 12.1. The van der Waals surface area contributed by atoms with Crippen LogP contribution in [0.5, 0.6) is 0 Å². The quantitative estimate of drug-likeness (QED) is 0.718. The zero-order valence-corrected chi connectivity index (χ0v) is 10.7. The Bertz CT molecular complexity index is 247. The number of nitrogens with zero attached hydrogens (tertiary/aromatic N) is 1. The fourth-order valence-corrected chi connectivity index (χ4v) is 2.38. The zero-order valence-electron chi connectivity index (χ0n) is 10.7. The minimum atomic E-state index is 0.171. The molecule has 0 bridgehead atoms. The van der Waals surface area contributed by atoms with E-state index in [1.807, 2.05) is 4.90 Å². The average molecular weight is 239 g/mol. The van der Waals surface area contributed by atoms with E-state index in [0.29, 0.717) is 13.0 Å². The standard InChI is InChI=1S/C13H25N3O/c14-9-12(15-10-11-4-5-11)8-13(17)16-6-2-1-3-7-16/h11-12,15H,1-10,14H2. The Morgan fingerprint density at radius 2 is 2.00 bits per heavy atom. The molecule has 1 heterocycles. The van der Waals surface area contributed by atoms with Crippen molar-refractivity contribution in [1.29, 1.82) is 0 Å². The number of rotatable bonds is 6. The van der Waals surface area contributed by atoms with Crippen LogP contribution in [0.3, 0.4) is 0 Å². The summed E-state index contributed by atoms with van der Waals surface area (Å²) in [5.41, 5.74) is 5.72. The molecule has 4 nitrogen and oxygen atoms in total. The number of carbonyl (C=O) groups excluding carboxylic acids is 1. The Morgan fingerprint density at radius 3 is 2.59 bits per heavy atom. The fraction of sp³-hybridized carbons (Fsp3) is 0.923. The molecule has 2 fully saturated rings. The molecule has 1 atom stereocenters. The van der Waals surface area contributed by atoms with Gasteiger partial charge in [-0.15, -0.1) is 0 Å². The minimum absolute atomic E-state index is 0.171. The van der Waals surface area contributed by atoms with E-state index in [1.54, 1.807) is 0 Å². The lowest BCUT2D eigenvalue weighted by atomic mass is 10.1. The van der Waals surface area contributed by atoms with Crippen molar-refractivity contribution in [3.63, 3.8) is 0 Å². The largest absolute Gasteiger partial charge is 0.343 e. The van der Waals surface area contributed by atoms with Gasteiger partial charge in [-0.25, -0.2) is 0 Å². The molecule has 0 aromatic heterocycles. The van der Waals surface area contributed by atoms with Crippen molar-refractivity contribution < 1.29 is 4.79 Å². The molecule has 98 valence electrons. The molecule has 17 heavy (non-hydrogen) atoms. The molecule has 0 radical (unpaired) electrons. The monoisotopic (exact) mass is 239 g/mol. The minimum Gasteiger partial charge on any atom is -0.343 e. The number of nitrogens with one attached hydrogen (secondary N) is 1. The van der Waals surface area contributed by atoms with Crippen molar-refractivity contribution in [1.82, 2.24) is 10.2 Å². The first-order chi connectivity index (χ1) is 8.29. The lowest BCUT2D eigenvalue weighted by molar-refractivity contribution is -0.132. The van der Waals surface area contributed by atoms with E-state index in [4.69, 9.17) is 5.73 Å². The van der Waals surface area contributed by atoms with Gasteiger partial charge in [-0.05, 0) is 44.6 Å². The molecule has 1 aliphatic carbocycles. The Labute approximate surface area is 104 Å². The van der Waals surface area contributed by atoms with Gasteiger partial charge in [-0.3, -0.25) is 4.79 Å². The zero-order chi connectivity index (χ0) is 12.1. The Hall–Kier alpha value is -0.610. The summed E-state index contributed by atoms with van der Waals surface area (Å²) in [6, 6.07) is 0.171. The van der Waals surface area contributed by atoms with Gasteiger partial charge in [0, 0.05) is 32.1 Å². The molecule has 1 unspecified atom stereocenters. The summed E-state index contributed by atoms with van der Waals surface area (Å²) in [6.45, 7) is 3.49. The Balaban J connectivity index is 1.69. The lowest BCUT2D eigenvalue weighted by Crippen LogP contribution is -2.44. The van der Waals surface area contributed by atoms with Crippen molar-refractivity contribution in [2.45, 2.75) is 44.6 Å². The van der Waals surface area contributed by atoms with E-state index in [2.05, 4.69) is 5.32 Å². The molecule has 4 heteroatoms. The molecule has 1 amide bonds. The summed E-state index contributed by atoms with van der Waals surface area (Å²) in [5, 5.41) is 3.43. The van der Waals surface area contributed by atoms with Gasteiger partial charge in [-0.1, -0.05) is 0 Å². The van der Waals surface area contributed by atoms with Crippen LogP contribution in [-0.2, 0) is 4.79 Å². The van der Waals surface area contributed by atoms with Gasteiger partial charge in [0.15, 0.2) is 0 Å². The topological polar surface area (TPSA) is 58.4 Å². The van der Waals surface area contributed by atoms with Gasteiger partial charge in [0.2, 0.25) is 5.91 Å².